The lowest BCUT2D eigenvalue weighted by atomic mass is 10.1. The number of aromatic amines is 1. The predicted octanol–water partition coefficient (Wildman–Crippen LogP) is 2.81. The lowest BCUT2D eigenvalue weighted by Gasteiger charge is -2.11. The molecule has 1 aromatic carbocycles. The average Bonchev–Trinajstić information content (AvgIpc) is 2.80. The van der Waals surface area contributed by atoms with Gasteiger partial charge in [0.2, 0.25) is 0 Å². The fourth-order valence-electron chi connectivity index (χ4n) is 1.98. The molecule has 1 aromatic heterocycles. The highest BCUT2D eigenvalue weighted by molar-refractivity contribution is 5.82. The van der Waals surface area contributed by atoms with Crippen LogP contribution in [0.3, 0.4) is 0 Å². The summed E-state index contributed by atoms with van der Waals surface area (Å²) in [6, 6.07) is 8.60. The molecule has 0 spiro atoms. The van der Waals surface area contributed by atoms with Crippen molar-refractivity contribution >= 4 is 10.9 Å². The zero-order chi connectivity index (χ0) is 10.3. The van der Waals surface area contributed by atoms with Crippen LogP contribution < -0.4 is 5.32 Å². The minimum Gasteiger partial charge on any atom is -0.361 e. The number of hydrogen-bond acceptors (Lipinski definition) is 1. The quantitative estimate of drug-likeness (QED) is 0.783. The maximum Gasteiger partial charge on any atom is 0.0457 e. The zero-order valence-electron chi connectivity index (χ0n) is 9.01. The molecule has 1 heterocycles. The van der Waals surface area contributed by atoms with Gasteiger partial charge in [0.15, 0.2) is 0 Å². The second kappa shape index (κ2) is 3.11. The summed E-state index contributed by atoms with van der Waals surface area (Å²) in [6.45, 7) is 3.27. The molecule has 2 aromatic rings. The van der Waals surface area contributed by atoms with Crippen LogP contribution >= 0.6 is 0 Å². The molecule has 15 heavy (non-hydrogen) atoms. The fourth-order valence-corrected chi connectivity index (χ4v) is 1.98. The fraction of sp³-hybridized carbons (Fsp3) is 0.385. The number of nitrogens with one attached hydrogen (secondary N) is 2. The lowest BCUT2D eigenvalue weighted by Crippen LogP contribution is -2.26. The van der Waals surface area contributed by atoms with Crippen LogP contribution in [0, 0.1) is 0 Å². The van der Waals surface area contributed by atoms with Crippen LogP contribution in [-0.2, 0) is 6.54 Å². The van der Waals surface area contributed by atoms with Gasteiger partial charge in [0, 0.05) is 29.2 Å². The van der Waals surface area contributed by atoms with Crippen LogP contribution in [-0.4, -0.2) is 10.5 Å². The third-order valence-electron chi connectivity index (χ3n) is 3.39. The maximum atomic E-state index is 3.62. The van der Waals surface area contributed by atoms with Gasteiger partial charge in [-0.3, -0.25) is 0 Å². The molecule has 0 radical (unpaired) electrons. The Hall–Kier alpha value is -1.28. The largest absolute Gasteiger partial charge is 0.361 e. The minimum atomic E-state index is 0.415. The normalized spacial score (nSPS) is 18.2. The molecule has 0 aliphatic heterocycles. The standard InChI is InChI=1S/C13H16N2/c1-13(6-7-13)15-9-10-3-2-4-12-11(10)5-8-14-12/h2-5,8,14-15H,6-7,9H2,1H3. The highest BCUT2D eigenvalue weighted by Gasteiger charge is 2.36. The van der Waals surface area contributed by atoms with E-state index in [1.54, 1.807) is 0 Å². The topological polar surface area (TPSA) is 27.8 Å². The van der Waals surface area contributed by atoms with Crippen LogP contribution in [0.1, 0.15) is 25.3 Å². The molecule has 2 heteroatoms. The molecule has 78 valence electrons. The van der Waals surface area contributed by atoms with Crippen LogP contribution in [0.25, 0.3) is 10.9 Å². The van der Waals surface area contributed by atoms with Gasteiger partial charge < -0.3 is 10.3 Å². The Morgan fingerprint density at radius 3 is 3.00 bits per heavy atom. The van der Waals surface area contributed by atoms with E-state index in [9.17, 15) is 0 Å². The molecule has 0 atom stereocenters. The van der Waals surface area contributed by atoms with Gasteiger partial charge in [-0.2, -0.15) is 0 Å². The second-order valence-electron chi connectivity index (χ2n) is 4.77. The minimum absolute atomic E-state index is 0.415. The van der Waals surface area contributed by atoms with Gasteiger partial charge in [0.05, 0.1) is 0 Å². The highest BCUT2D eigenvalue weighted by atomic mass is 15.0. The van der Waals surface area contributed by atoms with E-state index in [4.69, 9.17) is 0 Å². The Kier molecular flexibility index (Phi) is 1.86. The molecule has 0 amide bonds. The Morgan fingerprint density at radius 1 is 1.33 bits per heavy atom. The van der Waals surface area contributed by atoms with E-state index < -0.39 is 0 Å². The van der Waals surface area contributed by atoms with Gasteiger partial charge in [0.1, 0.15) is 0 Å². The molecular weight excluding hydrogens is 184 g/mol. The first-order chi connectivity index (χ1) is 7.27. The summed E-state index contributed by atoms with van der Waals surface area (Å²) < 4.78 is 0. The predicted molar refractivity (Wildman–Crippen MR) is 62.8 cm³/mol. The Balaban J connectivity index is 1.86. The number of aromatic nitrogens is 1. The van der Waals surface area contributed by atoms with Crippen molar-refractivity contribution in [1.82, 2.24) is 10.3 Å². The maximum absolute atomic E-state index is 3.62. The van der Waals surface area contributed by atoms with Gasteiger partial charge in [-0.05, 0) is 37.5 Å². The molecule has 1 aliphatic carbocycles. The summed E-state index contributed by atoms with van der Waals surface area (Å²) >= 11 is 0. The van der Waals surface area contributed by atoms with Gasteiger partial charge in [-0.1, -0.05) is 12.1 Å². The van der Waals surface area contributed by atoms with E-state index in [0.717, 1.165) is 6.54 Å². The first kappa shape index (κ1) is 8.98. The first-order valence-electron chi connectivity index (χ1n) is 5.57. The Morgan fingerprint density at radius 2 is 2.20 bits per heavy atom. The van der Waals surface area contributed by atoms with E-state index in [-0.39, 0.29) is 0 Å². The molecule has 1 saturated carbocycles. The van der Waals surface area contributed by atoms with Crippen LogP contribution in [0.15, 0.2) is 30.5 Å². The number of benzene rings is 1. The van der Waals surface area contributed by atoms with Crippen LogP contribution in [0.4, 0.5) is 0 Å². The smallest absolute Gasteiger partial charge is 0.0457 e. The monoisotopic (exact) mass is 200 g/mol. The van der Waals surface area contributed by atoms with Crippen molar-refractivity contribution in [3.05, 3.63) is 36.0 Å². The summed E-state index contributed by atoms with van der Waals surface area (Å²) in [5.74, 6) is 0. The van der Waals surface area contributed by atoms with Crippen LogP contribution in [0.2, 0.25) is 0 Å². The first-order valence-corrected chi connectivity index (χ1v) is 5.57. The number of H-pyrrole nitrogens is 1. The summed E-state index contributed by atoms with van der Waals surface area (Å²) in [5.41, 5.74) is 3.04. The van der Waals surface area contributed by atoms with E-state index in [1.165, 1.54) is 29.3 Å². The SMILES string of the molecule is CC1(NCc2cccc3[nH]ccc23)CC1. The number of hydrogen-bond donors (Lipinski definition) is 2. The molecule has 1 aliphatic rings. The van der Waals surface area contributed by atoms with E-state index >= 15 is 0 Å². The highest BCUT2D eigenvalue weighted by Crippen LogP contribution is 2.34. The van der Waals surface area contributed by atoms with Gasteiger partial charge >= 0.3 is 0 Å². The van der Waals surface area contributed by atoms with Crippen molar-refractivity contribution in [3.63, 3.8) is 0 Å². The molecule has 0 saturated heterocycles. The van der Waals surface area contributed by atoms with Crippen LogP contribution in [0.5, 0.6) is 0 Å². The third-order valence-corrected chi connectivity index (χ3v) is 3.39. The van der Waals surface area contributed by atoms with Crippen molar-refractivity contribution in [1.29, 1.82) is 0 Å². The van der Waals surface area contributed by atoms with Crippen molar-refractivity contribution in [2.75, 3.05) is 0 Å². The second-order valence-corrected chi connectivity index (χ2v) is 4.77. The summed E-state index contributed by atoms with van der Waals surface area (Å²) in [6.07, 6.45) is 4.64. The van der Waals surface area contributed by atoms with E-state index in [2.05, 4.69) is 41.5 Å². The summed E-state index contributed by atoms with van der Waals surface area (Å²) in [7, 11) is 0. The Bertz CT molecular complexity index is 480. The van der Waals surface area contributed by atoms with Gasteiger partial charge in [-0.15, -0.1) is 0 Å². The van der Waals surface area contributed by atoms with Gasteiger partial charge in [0.25, 0.3) is 0 Å². The summed E-state index contributed by atoms with van der Waals surface area (Å²) in [4.78, 5) is 3.24. The van der Waals surface area contributed by atoms with E-state index in [1.807, 2.05) is 6.20 Å². The van der Waals surface area contributed by atoms with E-state index in [0.29, 0.717) is 5.54 Å². The molecule has 2 N–H and O–H groups in total. The number of rotatable bonds is 3. The third kappa shape index (κ3) is 1.65. The van der Waals surface area contributed by atoms with Crippen molar-refractivity contribution in [3.8, 4) is 0 Å². The zero-order valence-corrected chi connectivity index (χ0v) is 9.01. The lowest BCUT2D eigenvalue weighted by molar-refractivity contribution is 0.539. The molecule has 1 fully saturated rings. The van der Waals surface area contributed by atoms with Gasteiger partial charge in [-0.25, -0.2) is 0 Å². The van der Waals surface area contributed by atoms with Crippen molar-refractivity contribution in [2.24, 2.45) is 0 Å². The number of fused-ring (bicyclic) bond motifs is 1. The average molecular weight is 200 g/mol. The molecule has 0 bridgehead atoms. The van der Waals surface area contributed by atoms with Crippen molar-refractivity contribution < 1.29 is 0 Å². The molecule has 3 rings (SSSR count). The molecule has 0 unspecified atom stereocenters. The Labute approximate surface area is 89.7 Å². The molecular formula is C13H16N2. The van der Waals surface area contributed by atoms with Crippen molar-refractivity contribution in [2.45, 2.75) is 31.8 Å². The molecule has 2 nitrogen and oxygen atoms in total. The summed E-state index contributed by atoms with van der Waals surface area (Å²) in [5, 5.41) is 4.96.